The Morgan fingerprint density at radius 2 is 2.30 bits per heavy atom. The quantitative estimate of drug-likeness (QED) is 0.423. The molecule has 1 saturated carbocycles. The lowest BCUT2D eigenvalue weighted by Gasteiger charge is -2.34. The van der Waals surface area contributed by atoms with Crippen LogP contribution in [0.2, 0.25) is 0 Å². The van der Waals surface area contributed by atoms with Crippen LogP contribution >= 0.6 is 0 Å². The Morgan fingerprint density at radius 3 is 2.70 bits per heavy atom. The van der Waals surface area contributed by atoms with Gasteiger partial charge in [0.2, 0.25) is 0 Å². The first-order chi connectivity index (χ1) is 4.67. The molecule has 0 saturated heterocycles. The van der Waals surface area contributed by atoms with Crippen molar-refractivity contribution in [3.05, 3.63) is 12.7 Å². The van der Waals surface area contributed by atoms with E-state index in [1.165, 1.54) is 0 Å². The van der Waals surface area contributed by atoms with Crippen LogP contribution in [0.4, 0.5) is 0 Å². The number of hydrogen-bond acceptors (Lipinski definition) is 2. The van der Waals surface area contributed by atoms with Gasteiger partial charge in [-0.1, -0.05) is 12.5 Å². The fraction of sp³-hybridized carbons (Fsp3) is 0.750. The van der Waals surface area contributed by atoms with Crippen molar-refractivity contribution in [3.63, 3.8) is 0 Å². The Hall–Kier alpha value is -0.340. The summed E-state index contributed by atoms with van der Waals surface area (Å²) < 4.78 is 0. The second-order valence-electron chi connectivity index (χ2n) is 3.08. The van der Waals surface area contributed by atoms with Crippen molar-refractivity contribution < 1.29 is 5.11 Å². The highest BCUT2D eigenvalue weighted by atomic mass is 16.3. The minimum absolute atomic E-state index is 0.0984. The predicted molar refractivity (Wildman–Crippen MR) is 41.3 cm³/mol. The highest BCUT2D eigenvalue weighted by Crippen LogP contribution is 2.30. The molecule has 1 fully saturated rings. The van der Waals surface area contributed by atoms with E-state index in [-0.39, 0.29) is 5.92 Å². The van der Waals surface area contributed by atoms with Gasteiger partial charge in [-0.15, -0.1) is 6.58 Å². The van der Waals surface area contributed by atoms with E-state index in [1.54, 1.807) is 6.08 Å². The second kappa shape index (κ2) is 2.72. The topological polar surface area (TPSA) is 46.2 Å². The van der Waals surface area contributed by atoms with Gasteiger partial charge in [-0.05, 0) is 19.3 Å². The van der Waals surface area contributed by atoms with Gasteiger partial charge in [0.15, 0.2) is 0 Å². The summed E-state index contributed by atoms with van der Waals surface area (Å²) in [6.45, 7) is 3.64. The van der Waals surface area contributed by atoms with Crippen molar-refractivity contribution in [2.45, 2.75) is 31.4 Å². The molecule has 2 heteroatoms. The first kappa shape index (κ1) is 7.76. The molecule has 58 valence electrons. The molecular weight excluding hydrogens is 126 g/mol. The minimum atomic E-state index is -0.972. The van der Waals surface area contributed by atoms with Gasteiger partial charge in [0.05, 0.1) is 0 Å². The Bertz CT molecular complexity index is 131. The van der Waals surface area contributed by atoms with Gasteiger partial charge in [-0.3, -0.25) is 0 Å². The van der Waals surface area contributed by atoms with Gasteiger partial charge in [0.1, 0.15) is 5.72 Å². The average Bonchev–Trinajstić information content (AvgIpc) is 1.87. The number of hydrogen-bond donors (Lipinski definition) is 2. The Balaban J connectivity index is 2.59. The first-order valence-corrected chi connectivity index (χ1v) is 3.80. The van der Waals surface area contributed by atoms with E-state index in [1.807, 2.05) is 0 Å². The molecule has 3 N–H and O–H groups in total. The zero-order valence-corrected chi connectivity index (χ0v) is 6.21. The summed E-state index contributed by atoms with van der Waals surface area (Å²) in [5.41, 5.74) is 4.64. The SMILES string of the molecule is C=CC1CCCCC1(N)O. The van der Waals surface area contributed by atoms with Crippen LogP contribution in [0.15, 0.2) is 12.7 Å². The van der Waals surface area contributed by atoms with Crippen molar-refractivity contribution in [3.8, 4) is 0 Å². The molecule has 1 aliphatic carbocycles. The summed E-state index contributed by atoms with van der Waals surface area (Å²) in [5, 5.41) is 9.54. The third-order valence-electron chi connectivity index (χ3n) is 2.27. The van der Waals surface area contributed by atoms with Crippen LogP contribution in [0.5, 0.6) is 0 Å². The van der Waals surface area contributed by atoms with Crippen molar-refractivity contribution in [1.29, 1.82) is 0 Å². The molecule has 0 heterocycles. The zero-order valence-electron chi connectivity index (χ0n) is 6.21. The maximum Gasteiger partial charge on any atom is 0.119 e. The van der Waals surface area contributed by atoms with Crippen molar-refractivity contribution >= 4 is 0 Å². The van der Waals surface area contributed by atoms with E-state index in [2.05, 4.69) is 6.58 Å². The molecule has 2 nitrogen and oxygen atoms in total. The third kappa shape index (κ3) is 1.39. The molecule has 0 spiro atoms. The normalized spacial score (nSPS) is 41.2. The predicted octanol–water partition coefficient (Wildman–Crippen LogP) is 1.01. The molecule has 1 rings (SSSR count). The van der Waals surface area contributed by atoms with E-state index in [0.717, 1.165) is 19.3 Å². The number of nitrogens with two attached hydrogens (primary N) is 1. The summed E-state index contributed by atoms with van der Waals surface area (Å²) in [5.74, 6) is 0.0984. The van der Waals surface area contributed by atoms with E-state index < -0.39 is 5.72 Å². The van der Waals surface area contributed by atoms with Gasteiger partial charge in [-0.25, -0.2) is 0 Å². The monoisotopic (exact) mass is 141 g/mol. The fourth-order valence-electron chi connectivity index (χ4n) is 1.53. The smallest absolute Gasteiger partial charge is 0.119 e. The van der Waals surface area contributed by atoms with Crippen LogP contribution in [0.1, 0.15) is 25.7 Å². The van der Waals surface area contributed by atoms with Crippen molar-refractivity contribution in [2.24, 2.45) is 11.7 Å². The first-order valence-electron chi connectivity index (χ1n) is 3.80. The molecule has 0 amide bonds. The molecule has 2 atom stereocenters. The van der Waals surface area contributed by atoms with Gasteiger partial charge in [0.25, 0.3) is 0 Å². The Morgan fingerprint density at radius 1 is 1.60 bits per heavy atom. The molecular formula is C8H15NO. The molecule has 0 aromatic carbocycles. The molecule has 0 aromatic heterocycles. The molecule has 0 aliphatic heterocycles. The summed E-state index contributed by atoms with van der Waals surface area (Å²) >= 11 is 0. The Labute approximate surface area is 61.7 Å². The third-order valence-corrected chi connectivity index (χ3v) is 2.27. The lowest BCUT2D eigenvalue weighted by Crippen LogP contribution is -2.48. The van der Waals surface area contributed by atoms with E-state index in [0.29, 0.717) is 6.42 Å². The van der Waals surface area contributed by atoms with Crippen molar-refractivity contribution in [2.75, 3.05) is 0 Å². The van der Waals surface area contributed by atoms with Gasteiger partial charge >= 0.3 is 0 Å². The van der Waals surface area contributed by atoms with E-state index in [4.69, 9.17) is 5.73 Å². The standard InChI is InChI=1S/C8H15NO/c1-2-7-5-3-4-6-8(7,9)10/h2,7,10H,1,3-6,9H2. The van der Waals surface area contributed by atoms with Crippen LogP contribution < -0.4 is 5.73 Å². The maximum absolute atomic E-state index is 9.54. The molecule has 0 radical (unpaired) electrons. The van der Waals surface area contributed by atoms with Crippen molar-refractivity contribution in [1.82, 2.24) is 0 Å². The zero-order chi connectivity index (χ0) is 7.61. The van der Waals surface area contributed by atoms with Gasteiger partial charge < -0.3 is 10.8 Å². The lowest BCUT2D eigenvalue weighted by atomic mass is 9.82. The molecule has 10 heavy (non-hydrogen) atoms. The minimum Gasteiger partial charge on any atom is -0.375 e. The highest BCUT2D eigenvalue weighted by molar-refractivity contribution is 4.94. The summed E-state index contributed by atoms with van der Waals surface area (Å²) in [4.78, 5) is 0. The molecule has 0 aromatic rings. The van der Waals surface area contributed by atoms with E-state index in [9.17, 15) is 5.11 Å². The van der Waals surface area contributed by atoms with Crippen LogP contribution in [0, 0.1) is 5.92 Å². The highest BCUT2D eigenvalue weighted by Gasteiger charge is 2.32. The summed E-state index contributed by atoms with van der Waals surface area (Å²) in [6, 6.07) is 0. The number of rotatable bonds is 1. The van der Waals surface area contributed by atoms with Crippen LogP contribution in [0.25, 0.3) is 0 Å². The van der Waals surface area contributed by atoms with Gasteiger partial charge in [-0.2, -0.15) is 0 Å². The van der Waals surface area contributed by atoms with E-state index >= 15 is 0 Å². The average molecular weight is 141 g/mol. The van der Waals surface area contributed by atoms with Crippen LogP contribution in [-0.2, 0) is 0 Å². The second-order valence-corrected chi connectivity index (χ2v) is 3.08. The molecule has 1 aliphatic rings. The van der Waals surface area contributed by atoms with Crippen LogP contribution in [0.3, 0.4) is 0 Å². The summed E-state index contributed by atoms with van der Waals surface area (Å²) in [6.07, 6.45) is 5.66. The fourth-order valence-corrected chi connectivity index (χ4v) is 1.53. The van der Waals surface area contributed by atoms with Gasteiger partial charge in [0, 0.05) is 5.92 Å². The Kier molecular flexibility index (Phi) is 2.11. The molecule has 2 unspecified atom stereocenters. The largest absolute Gasteiger partial charge is 0.375 e. The summed E-state index contributed by atoms with van der Waals surface area (Å²) in [7, 11) is 0. The molecule has 0 bridgehead atoms. The number of aliphatic hydroxyl groups is 1. The lowest BCUT2D eigenvalue weighted by molar-refractivity contribution is -0.0237. The van der Waals surface area contributed by atoms with Crippen LogP contribution in [-0.4, -0.2) is 10.8 Å². The maximum atomic E-state index is 9.54.